The monoisotopic (exact) mass is 266 g/mol. The lowest BCUT2D eigenvalue weighted by Crippen LogP contribution is -2.39. The predicted octanol–water partition coefficient (Wildman–Crippen LogP) is 2.12. The van der Waals surface area contributed by atoms with Gasteiger partial charge in [0.1, 0.15) is 11.3 Å². The van der Waals surface area contributed by atoms with E-state index >= 15 is 0 Å². The average molecular weight is 266 g/mol. The zero-order valence-corrected chi connectivity index (χ0v) is 11.1. The first kappa shape index (κ1) is 13.8. The van der Waals surface area contributed by atoms with Crippen LogP contribution in [-0.2, 0) is 9.47 Å². The molecule has 1 aromatic rings. The van der Waals surface area contributed by atoms with E-state index in [1.807, 2.05) is 13.0 Å². The summed E-state index contributed by atoms with van der Waals surface area (Å²) in [6.07, 6.45) is 0.788. The molecule has 2 rings (SSSR count). The number of nitro groups is 1. The number of ether oxygens (including phenoxy) is 2. The van der Waals surface area contributed by atoms with Crippen molar-refractivity contribution in [1.29, 1.82) is 0 Å². The van der Waals surface area contributed by atoms with Crippen LogP contribution in [0.25, 0.3) is 0 Å². The number of benzene rings is 1. The number of nitrogens with one attached hydrogen (secondary N) is 1. The molecule has 1 heterocycles. The average Bonchev–Trinajstić information content (AvgIpc) is 2.86. The molecular weight excluding hydrogens is 248 g/mol. The highest BCUT2D eigenvalue weighted by Gasteiger charge is 2.35. The Morgan fingerprint density at radius 1 is 1.58 bits per heavy atom. The Kier molecular flexibility index (Phi) is 4.01. The summed E-state index contributed by atoms with van der Waals surface area (Å²) in [6, 6.07) is 5.03. The number of rotatable bonds is 5. The van der Waals surface area contributed by atoms with Gasteiger partial charge in [0, 0.05) is 32.7 Å². The lowest BCUT2D eigenvalue weighted by atomic mass is 10.0. The first-order chi connectivity index (χ1) is 9.08. The van der Waals surface area contributed by atoms with E-state index in [4.69, 9.17) is 9.47 Å². The maximum Gasteiger partial charge on any atom is 0.292 e. The molecule has 0 aliphatic carbocycles. The maximum atomic E-state index is 11.0. The molecule has 1 saturated heterocycles. The van der Waals surface area contributed by atoms with Crippen molar-refractivity contribution in [2.24, 2.45) is 0 Å². The van der Waals surface area contributed by atoms with Crippen LogP contribution >= 0.6 is 0 Å². The van der Waals surface area contributed by atoms with Crippen molar-refractivity contribution in [3.63, 3.8) is 0 Å². The molecule has 1 aliphatic rings. The van der Waals surface area contributed by atoms with Gasteiger partial charge in [0.15, 0.2) is 0 Å². The molecule has 1 aliphatic heterocycles. The highest BCUT2D eigenvalue weighted by Crippen LogP contribution is 2.30. The van der Waals surface area contributed by atoms with E-state index in [9.17, 15) is 10.1 Å². The zero-order valence-electron chi connectivity index (χ0n) is 11.1. The fourth-order valence-electron chi connectivity index (χ4n) is 2.24. The third kappa shape index (κ3) is 2.85. The summed E-state index contributed by atoms with van der Waals surface area (Å²) in [5.41, 5.74) is 1.09. The highest BCUT2D eigenvalue weighted by atomic mass is 16.6. The fourth-order valence-corrected chi connectivity index (χ4v) is 2.24. The van der Waals surface area contributed by atoms with E-state index in [0.29, 0.717) is 25.4 Å². The molecule has 1 fully saturated rings. The van der Waals surface area contributed by atoms with Gasteiger partial charge >= 0.3 is 0 Å². The van der Waals surface area contributed by atoms with Gasteiger partial charge in [-0.05, 0) is 12.5 Å². The van der Waals surface area contributed by atoms with Gasteiger partial charge in [-0.3, -0.25) is 10.1 Å². The molecule has 1 N–H and O–H groups in total. The number of hydrogen-bond donors (Lipinski definition) is 1. The lowest BCUT2D eigenvalue weighted by Gasteiger charge is -2.26. The van der Waals surface area contributed by atoms with Gasteiger partial charge < -0.3 is 14.8 Å². The Morgan fingerprint density at radius 2 is 2.37 bits per heavy atom. The van der Waals surface area contributed by atoms with Gasteiger partial charge in [-0.15, -0.1) is 0 Å². The molecule has 104 valence electrons. The van der Waals surface area contributed by atoms with E-state index in [0.717, 1.165) is 12.0 Å². The highest BCUT2D eigenvalue weighted by molar-refractivity contribution is 5.66. The quantitative estimate of drug-likeness (QED) is 0.652. The Morgan fingerprint density at radius 3 is 2.95 bits per heavy atom. The molecule has 0 radical (unpaired) electrons. The third-order valence-electron chi connectivity index (χ3n) is 3.53. The standard InChI is InChI=1S/C13H18N2O4/c1-10-4-3-5-11(15(16)17)12(10)14-8-13(18-2)6-7-19-9-13/h3-5,14H,6-9H2,1-2H3. The van der Waals surface area contributed by atoms with Crippen molar-refractivity contribution in [3.8, 4) is 0 Å². The summed E-state index contributed by atoms with van der Waals surface area (Å²) >= 11 is 0. The summed E-state index contributed by atoms with van der Waals surface area (Å²) in [5, 5.41) is 14.2. The molecule has 0 bridgehead atoms. The summed E-state index contributed by atoms with van der Waals surface area (Å²) in [4.78, 5) is 10.7. The second-order valence-corrected chi connectivity index (χ2v) is 4.77. The van der Waals surface area contributed by atoms with Gasteiger partial charge in [0.25, 0.3) is 5.69 Å². The SMILES string of the molecule is COC1(CNc2c(C)cccc2[N+](=O)[O-])CCOC1. The molecule has 1 atom stereocenters. The molecule has 1 unspecified atom stereocenters. The number of methoxy groups -OCH3 is 1. The molecule has 0 amide bonds. The van der Waals surface area contributed by atoms with Gasteiger partial charge in [-0.1, -0.05) is 12.1 Å². The van der Waals surface area contributed by atoms with E-state index < -0.39 is 5.60 Å². The smallest absolute Gasteiger partial charge is 0.292 e. The Balaban J connectivity index is 2.17. The Hall–Kier alpha value is -1.66. The number of para-hydroxylation sites is 1. The molecular formula is C13H18N2O4. The Bertz CT molecular complexity index is 470. The van der Waals surface area contributed by atoms with Crippen LogP contribution in [-0.4, -0.2) is 37.4 Å². The minimum absolute atomic E-state index is 0.0881. The lowest BCUT2D eigenvalue weighted by molar-refractivity contribution is -0.384. The van der Waals surface area contributed by atoms with Crippen LogP contribution in [0.15, 0.2) is 18.2 Å². The van der Waals surface area contributed by atoms with Crippen molar-refractivity contribution in [1.82, 2.24) is 0 Å². The van der Waals surface area contributed by atoms with Crippen LogP contribution in [0.2, 0.25) is 0 Å². The maximum absolute atomic E-state index is 11.0. The molecule has 19 heavy (non-hydrogen) atoms. The number of hydrogen-bond acceptors (Lipinski definition) is 5. The predicted molar refractivity (Wildman–Crippen MR) is 71.5 cm³/mol. The van der Waals surface area contributed by atoms with Crippen LogP contribution in [0.5, 0.6) is 0 Å². The Labute approximate surface area is 111 Å². The zero-order chi connectivity index (χ0) is 13.9. The molecule has 0 spiro atoms. The summed E-state index contributed by atoms with van der Waals surface area (Å²) in [6.45, 7) is 3.51. The van der Waals surface area contributed by atoms with Crippen molar-refractivity contribution in [3.05, 3.63) is 33.9 Å². The van der Waals surface area contributed by atoms with Crippen molar-refractivity contribution < 1.29 is 14.4 Å². The van der Waals surface area contributed by atoms with Crippen molar-refractivity contribution in [2.45, 2.75) is 18.9 Å². The summed E-state index contributed by atoms with van der Waals surface area (Å²) < 4.78 is 10.9. The first-order valence-corrected chi connectivity index (χ1v) is 6.19. The second-order valence-electron chi connectivity index (χ2n) is 4.77. The molecule has 0 aromatic heterocycles. The fraction of sp³-hybridized carbons (Fsp3) is 0.538. The van der Waals surface area contributed by atoms with Gasteiger partial charge in [0.2, 0.25) is 0 Å². The number of nitro benzene ring substituents is 1. The van der Waals surface area contributed by atoms with E-state index in [2.05, 4.69) is 5.32 Å². The van der Waals surface area contributed by atoms with E-state index in [1.165, 1.54) is 6.07 Å². The van der Waals surface area contributed by atoms with Crippen LogP contribution < -0.4 is 5.32 Å². The second kappa shape index (κ2) is 5.54. The number of aryl methyl sites for hydroxylation is 1. The molecule has 6 heteroatoms. The van der Waals surface area contributed by atoms with Crippen LogP contribution in [0.3, 0.4) is 0 Å². The minimum atomic E-state index is -0.393. The van der Waals surface area contributed by atoms with E-state index in [-0.39, 0.29) is 10.6 Å². The summed E-state index contributed by atoms with van der Waals surface area (Å²) in [7, 11) is 1.64. The van der Waals surface area contributed by atoms with Crippen molar-refractivity contribution >= 4 is 11.4 Å². The van der Waals surface area contributed by atoms with Crippen LogP contribution in [0, 0.1) is 17.0 Å². The normalized spacial score (nSPS) is 22.4. The van der Waals surface area contributed by atoms with Crippen molar-refractivity contribution in [2.75, 3.05) is 32.2 Å². The van der Waals surface area contributed by atoms with Gasteiger partial charge in [-0.25, -0.2) is 0 Å². The largest absolute Gasteiger partial charge is 0.378 e. The summed E-state index contributed by atoms with van der Waals surface area (Å²) in [5.74, 6) is 0. The minimum Gasteiger partial charge on any atom is -0.378 e. The molecule has 0 saturated carbocycles. The molecule has 1 aromatic carbocycles. The first-order valence-electron chi connectivity index (χ1n) is 6.19. The number of nitrogens with zero attached hydrogens (tertiary/aromatic N) is 1. The van der Waals surface area contributed by atoms with Crippen LogP contribution in [0.1, 0.15) is 12.0 Å². The van der Waals surface area contributed by atoms with Gasteiger partial charge in [0.05, 0.1) is 11.5 Å². The number of anilines is 1. The van der Waals surface area contributed by atoms with E-state index in [1.54, 1.807) is 13.2 Å². The topological polar surface area (TPSA) is 73.6 Å². The van der Waals surface area contributed by atoms with Gasteiger partial charge in [-0.2, -0.15) is 0 Å². The third-order valence-corrected chi connectivity index (χ3v) is 3.53. The molecule has 6 nitrogen and oxygen atoms in total. The van der Waals surface area contributed by atoms with Crippen LogP contribution in [0.4, 0.5) is 11.4 Å².